The number of nitrogens with zero attached hydrogens (tertiary/aromatic N) is 1. The van der Waals surface area contributed by atoms with Crippen molar-refractivity contribution in [1.29, 1.82) is 0 Å². The number of carbonyl (C=O) groups is 1. The Morgan fingerprint density at radius 1 is 1.08 bits per heavy atom. The molecule has 2 aliphatic rings. The molecule has 2 aliphatic carbocycles. The summed E-state index contributed by atoms with van der Waals surface area (Å²) in [5.74, 6) is 0.812. The number of nitrogens with one attached hydrogen (secondary N) is 3. The molecule has 134 valence electrons. The molecule has 4 rings (SSSR count). The van der Waals surface area contributed by atoms with E-state index in [-0.39, 0.29) is 5.91 Å². The topological polar surface area (TPSA) is 69.8 Å². The molecule has 0 radical (unpaired) electrons. The summed E-state index contributed by atoms with van der Waals surface area (Å²) in [5.41, 5.74) is 1.69. The minimum atomic E-state index is 0.0376. The smallest absolute Gasteiger partial charge is 0.251 e. The van der Waals surface area contributed by atoms with Crippen molar-refractivity contribution in [2.24, 2.45) is 5.92 Å². The molecule has 0 spiro atoms. The van der Waals surface area contributed by atoms with E-state index in [1.807, 2.05) is 18.2 Å². The van der Waals surface area contributed by atoms with Gasteiger partial charge in [-0.2, -0.15) is 5.10 Å². The van der Waals surface area contributed by atoms with Crippen molar-refractivity contribution in [3.05, 3.63) is 30.0 Å². The van der Waals surface area contributed by atoms with Crippen molar-refractivity contribution in [3.8, 4) is 0 Å². The normalized spacial score (nSPS) is 24.6. The second kappa shape index (κ2) is 7.56. The van der Waals surface area contributed by atoms with Crippen LogP contribution < -0.4 is 10.6 Å². The van der Waals surface area contributed by atoms with Crippen LogP contribution in [0.1, 0.15) is 61.7 Å². The Hall–Kier alpha value is -1.88. The third kappa shape index (κ3) is 4.03. The van der Waals surface area contributed by atoms with Gasteiger partial charge in [0, 0.05) is 23.0 Å². The van der Waals surface area contributed by atoms with Crippen molar-refractivity contribution in [2.45, 2.75) is 63.5 Å². The van der Waals surface area contributed by atoms with Gasteiger partial charge in [0.15, 0.2) is 0 Å². The first-order valence-corrected chi connectivity index (χ1v) is 9.75. The number of amides is 1. The van der Waals surface area contributed by atoms with Gasteiger partial charge in [-0.1, -0.05) is 12.8 Å². The third-order valence-corrected chi connectivity index (χ3v) is 5.93. The molecule has 1 heterocycles. The van der Waals surface area contributed by atoms with E-state index in [0.29, 0.717) is 6.04 Å². The molecule has 3 N–H and O–H groups in total. The number of benzene rings is 1. The molecule has 1 aromatic heterocycles. The Bertz CT molecular complexity index is 711. The van der Waals surface area contributed by atoms with Gasteiger partial charge in [0.1, 0.15) is 0 Å². The van der Waals surface area contributed by atoms with Crippen molar-refractivity contribution >= 4 is 16.8 Å². The maximum atomic E-state index is 12.5. The highest BCUT2D eigenvalue weighted by Crippen LogP contribution is 2.25. The van der Waals surface area contributed by atoms with Crippen LogP contribution in [0.3, 0.4) is 0 Å². The van der Waals surface area contributed by atoms with Crippen molar-refractivity contribution in [2.75, 3.05) is 6.54 Å². The fourth-order valence-corrected chi connectivity index (χ4v) is 4.33. The average Bonchev–Trinajstić information content (AvgIpc) is 3.32. The van der Waals surface area contributed by atoms with E-state index in [0.717, 1.165) is 47.8 Å². The average molecular weight is 340 g/mol. The first kappa shape index (κ1) is 16.6. The number of rotatable bonds is 5. The number of hydrogen-bond donors (Lipinski definition) is 3. The number of aromatic nitrogens is 2. The fraction of sp³-hybridized carbons (Fsp3) is 0.600. The number of H-pyrrole nitrogens is 1. The van der Waals surface area contributed by atoms with Crippen LogP contribution >= 0.6 is 0 Å². The number of aromatic amines is 1. The van der Waals surface area contributed by atoms with Gasteiger partial charge < -0.3 is 10.6 Å². The zero-order valence-corrected chi connectivity index (χ0v) is 14.8. The van der Waals surface area contributed by atoms with E-state index in [2.05, 4.69) is 20.8 Å². The summed E-state index contributed by atoms with van der Waals surface area (Å²) in [5, 5.41) is 14.9. The summed E-state index contributed by atoms with van der Waals surface area (Å²) < 4.78 is 0. The van der Waals surface area contributed by atoms with Gasteiger partial charge in [0.25, 0.3) is 5.91 Å². The van der Waals surface area contributed by atoms with Crippen LogP contribution in [0.2, 0.25) is 0 Å². The molecule has 5 heteroatoms. The molecule has 0 aliphatic heterocycles. The zero-order valence-electron chi connectivity index (χ0n) is 14.8. The quantitative estimate of drug-likeness (QED) is 0.781. The highest BCUT2D eigenvalue weighted by molar-refractivity contribution is 5.97. The Labute approximate surface area is 149 Å². The summed E-state index contributed by atoms with van der Waals surface area (Å²) in [7, 11) is 0. The molecule has 1 aromatic carbocycles. The lowest BCUT2D eigenvalue weighted by atomic mass is 9.85. The number of carbonyl (C=O) groups excluding carboxylic acids is 1. The molecular weight excluding hydrogens is 312 g/mol. The van der Waals surface area contributed by atoms with Crippen LogP contribution in [0.15, 0.2) is 24.4 Å². The second-order valence-corrected chi connectivity index (χ2v) is 7.75. The van der Waals surface area contributed by atoms with Crippen LogP contribution in [0.25, 0.3) is 10.9 Å². The number of hydrogen-bond acceptors (Lipinski definition) is 3. The molecule has 2 fully saturated rings. The van der Waals surface area contributed by atoms with Gasteiger partial charge in [-0.15, -0.1) is 0 Å². The molecule has 5 nitrogen and oxygen atoms in total. The highest BCUT2D eigenvalue weighted by Gasteiger charge is 2.24. The predicted octanol–water partition coefficient (Wildman–Crippen LogP) is 3.38. The largest absolute Gasteiger partial charge is 0.349 e. The standard InChI is InChI=1S/C20H28N4O/c25-20(15-7-10-19-16(11-15)13-22-24-19)23-18-8-5-14(6-9-18)12-21-17-3-1-2-4-17/h7,10-11,13-14,17-18,21H,1-6,8-9,12H2,(H,22,24)(H,23,25)/t14-,18-. The summed E-state index contributed by atoms with van der Waals surface area (Å²) in [6.45, 7) is 1.16. The van der Waals surface area contributed by atoms with Crippen molar-refractivity contribution in [3.63, 3.8) is 0 Å². The molecule has 25 heavy (non-hydrogen) atoms. The highest BCUT2D eigenvalue weighted by atomic mass is 16.1. The minimum absolute atomic E-state index is 0.0376. The van der Waals surface area contributed by atoms with Crippen LogP contribution in [-0.4, -0.2) is 34.7 Å². The van der Waals surface area contributed by atoms with Crippen molar-refractivity contribution < 1.29 is 4.79 Å². The lowest BCUT2D eigenvalue weighted by Crippen LogP contribution is -2.40. The van der Waals surface area contributed by atoms with Crippen LogP contribution in [0.4, 0.5) is 0 Å². The zero-order chi connectivity index (χ0) is 17.1. The lowest BCUT2D eigenvalue weighted by Gasteiger charge is -2.30. The summed E-state index contributed by atoms with van der Waals surface area (Å²) in [6, 6.07) is 6.77. The molecule has 0 bridgehead atoms. The molecule has 2 aromatic rings. The van der Waals surface area contributed by atoms with Gasteiger partial charge in [-0.25, -0.2) is 0 Å². The van der Waals surface area contributed by atoms with E-state index in [1.54, 1.807) is 6.20 Å². The predicted molar refractivity (Wildman–Crippen MR) is 99.6 cm³/mol. The first-order chi connectivity index (χ1) is 12.3. The fourth-order valence-electron chi connectivity index (χ4n) is 4.33. The Morgan fingerprint density at radius 3 is 2.68 bits per heavy atom. The molecule has 0 saturated heterocycles. The summed E-state index contributed by atoms with van der Waals surface area (Å²) in [6.07, 6.45) is 11.9. The first-order valence-electron chi connectivity index (χ1n) is 9.75. The van der Waals surface area contributed by atoms with Gasteiger partial charge in [-0.3, -0.25) is 9.89 Å². The maximum absolute atomic E-state index is 12.5. The van der Waals surface area contributed by atoms with Crippen LogP contribution in [0, 0.1) is 5.92 Å². The second-order valence-electron chi connectivity index (χ2n) is 7.75. The molecule has 2 saturated carbocycles. The maximum Gasteiger partial charge on any atom is 0.251 e. The Kier molecular flexibility index (Phi) is 5.02. The summed E-state index contributed by atoms with van der Waals surface area (Å²) in [4.78, 5) is 12.5. The Balaban J connectivity index is 1.24. The molecule has 0 atom stereocenters. The van der Waals surface area contributed by atoms with Gasteiger partial charge in [-0.05, 0) is 69.2 Å². The SMILES string of the molecule is O=C(N[C@H]1CC[C@H](CNC2CCCC2)CC1)c1ccc2[nH]ncc2c1. The van der Waals surface area contributed by atoms with Gasteiger partial charge >= 0.3 is 0 Å². The number of fused-ring (bicyclic) bond motifs is 1. The Morgan fingerprint density at radius 2 is 1.88 bits per heavy atom. The van der Waals surface area contributed by atoms with Crippen LogP contribution in [-0.2, 0) is 0 Å². The monoisotopic (exact) mass is 340 g/mol. The third-order valence-electron chi connectivity index (χ3n) is 5.93. The van der Waals surface area contributed by atoms with Gasteiger partial charge in [0.2, 0.25) is 0 Å². The van der Waals surface area contributed by atoms with E-state index < -0.39 is 0 Å². The minimum Gasteiger partial charge on any atom is -0.349 e. The van der Waals surface area contributed by atoms with Crippen LogP contribution in [0.5, 0.6) is 0 Å². The van der Waals surface area contributed by atoms with E-state index in [4.69, 9.17) is 0 Å². The molecule has 1 amide bonds. The molecule has 0 unspecified atom stereocenters. The van der Waals surface area contributed by atoms with E-state index >= 15 is 0 Å². The van der Waals surface area contributed by atoms with Gasteiger partial charge in [0.05, 0.1) is 11.7 Å². The molecular formula is C20H28N4O. The van der Waals surface area contributed by atoms with E-state index in [1.165, 1.54) is 38.5 Å². The summed E-state index contributed by atoms with van der Waals surface area (Å²) >= 11 is 0. The lowest BCUT2D eigenvalue weighted by molar-refractivity contribution is 0.0922. The van der Waals surface area contributed by atoms with Crippen molar-refractivity contribution in [1.82, 2.24) is 20.8 Å². The van der Waals surface area contributed by atoms with E-state index in [9.17, 15) is 4.79 Å².